The summed E-state index contributed by atoms with van der Waals surface area (Å²) in [5.74, 6) is 1.21. The number of nitrogens with one attached hydrogen (secondary N) is 2. The van der Waals surface area contributed by atoms with Crippen LogP contribution in [-0.4, -0.2) is 21.6 Å². The van der Waals surface area contributed by atoms with E-state index >= 15 is 0 Å². The maximum absolute atomic E-state index is 12.8. The van der Waals surface area contributed by atoms with Crippen molar-refractivity contribution in [3.63, 3.8) is 0 Å². The van der Waals surface area contributed by atoms with Gasteiger partial charge in [0.15, 0.2) is 0 Å². The van der Waals surface area contributed by atoms with Crippen molar-refractivity contribution in [1.82, 2.24) is 15.3 Å². The van der Waals surface area contributed by atoms with Gasteiger partial charge >= 0.3 is 0 Å². The number of carbonyl (C=O) groups is 1. The minimum atomic E-state index is -0.220. The SMILES string of the molecule is O=C(CSCc1nc2scc(-c3ccccc3)c2c(=O)[nH]1)NC(c1ccccc1)c1ccccc1. The molecule has 0 aliphatic heterocycles. The van der Waals surface area contributed by atoms with E-state index in [9.17, 15) is 9.59 Å². The van der Waals surface area contributed by atoms with Crippen LogP contribution in [0, 0.1) is 0 Å². The van der Waals surface area contributed by atoms with Crippen molar-refractivity contribution >= 4 is 39.2 Å². The standard InChI is InChI=1S/C28H23N3O2S2/c32-24(31-26(20-12-6-2-7-13-20)21-14-8-3-9-15-21)18-34-17-23-29-27(33)25-22(16-35-28(25)30-23)19-10-4-1-5-11-19/h1-16,26H,17-18H2,(H,31,32)(H,29,30,33). The fourth-order valence-electron chi connectivity index (χ4n) is 3.99. The summed E-state index contributed by atoms with van der Waals surface area (Å²) in [6.07, 6.45) is 0. The molecule has 0 bridgehead atoms. The highest BCUT2D eigenvalue weighted by atomic mass is 32.2. The molecule has 0 fully saturated rings. The Morgan fingerprint density at radius 1 is 0.914 bits per heavy atom. The summed E-state index contributed by atoms with van der Waals surface area (Å²) < 4.78 is 0. The second-order valence-electron chi connectivity index (χ2n) is 8.02. The van der Waals surface area contributed by atoms with Crippen molar-refractivity contribution in [3.8, 4) is 11.1 Å². The van der Waals surface area contributed by atoms with Crippen molar-refractivity contribution in [2.45, 2.75) is 11.8 Å². The number of aromatic amines is 1. The van der Waals surface area contributed by atoms with Gasteiger partial charge in [-0.25, -0.2) is 4.98 Å². The van der Waals surface area contributed by atoms with Crippen LogP contribution in [0.4, 0.5) is 0 Å². The molecule has 0 aliphatic carbocycles. The van der Waals surface area contributed by atoms with Gasteiger partial charge in [-0.2, -0.15) is 0 Å². The molecule has 0 spiro atoms. The lowest BCUT2D eigenvalue weighted by Gasteiger charge is -2.19. The second kappa shape index (κ2) is 10.7. The minimum absolute atomic E-state index is 0.0707. The Balaban J connectivity index is 1.26. The molecule has 1 amide bonds. The van der Waals surface area contributed by atoms with Crippen LogP contribution in [0.1, 0.15) is 23.0 Å². The summed E-state index contributed by atoms with van der Waals surface area (Å²) >= 11 is 2.89. The first kappa shape index (κ1) is 23.1. The van der Waals surface area contributed by atoms with Gasteiger partial charge in [0.25, 0.3) is 5.56 Å². The summed E-state index contributed by atoms with van der Waals surface area (Å²) in [5.41, 5.74) is 3.80. The number of thiophene rings is 1. The molecule has 5 nitrogen and oxygen atoms in total. The monoisotopic (exact) mass is 497 g/mol. The Morgan fingerprint density at radius 3 is 2.14 bits per heavy atom. The van der Waals surface area contributed by atoms with Gasteiger partial charge in [-0.05, 0) is 16.7 Å². The minimum Gasteiger partial charge on any atom is -0.344 e. The first-order valence-corrected chi connectivity index (χ1v) is 13.3. The van der Waals surface area contributed by atoms with Crippen LogP contribution in [0.25, 0.3) is 21.3 Å². The highest BCUT2D eigenvalue weighted by molar-refractivity contribution is 7.99. The molecule has 0 atom stereocenters. The lowest BCUT2D eigenvalue weighted by Crippen LogP contribution is -2.30. The van der Waals surface area contributed by atoms with E-state index in [2.05, 4.69) is 15.3 Å². The number of amides is 1. The first-order valence-electron chi connectivity index (χ1n) is 11.2. The van der Waals surface area contributed by atoms with Crippen LogP contribution in [0.5, 0.6) is 0 Å². The average Bonchev–Trinajstić information content (AvgIpc) is 3.34. The molecule has 5 rings (SSSR count). The van der Waals surface area contributed by atoms with E-state index in [4.69, 9.17) is 0 Å². The summed E-state index contributed by atoms with van der Waals surface area (Å²) in [5, 5.41) is 5.73. The van der Waals surface area contributed by atoms with Gasteiger partial charge < -0.3 is 10.3 Å². The predicted octanol–water partition coefficient (Wildman–Crippen LogP) is 5.79. The highest BCUT2D eigenvalue weighted by Crippen LogP contribution is 2.30. The molecule has 7 heteroatoms. The van der Waals surface area contributed by atoms with E-state index in [0.717, 1.165) is 22.3 Å². The van der Waals surface area contributed by atoms with Crippen LogP contribution < -0.4 is 10.9 Å². The summed E-state index contributed by atoms with van der Waals surface area (Å²) in [7, 11) is 0. The molecule has 2 aromatic heterocycles. The van der Waals surface area contributed by atoms with Crippen LogP contribution in [-0.2, 0) is 10.5 Å². The van der Waals surface area contributed by atoms with Crippen molar-refractivity contribution in [2.24, 2.45) is 0 Å². The molecule has 35 heavy (non-hydrogen) atoms. The quantitative estimate of drug-likeness (QED) is 0.285. The molecule has 0 aliphatic rings. The largest absolute Gasteiger partial charge is 0.344 e. The smallest absolute Gasteiger partial charge is 0.260 e. The number of thioether (sulfide) groups is 1. The Hall–Kier alpha value is -3.68. The van der Waals surface area contributed by atoms with Gasteiger partial charge in [-0.1, -0.05) is 91.0 Å². The normalized spacial score (nSPS) is 11.1. The number of aromatic nitrogens is 2. The number of fused-ring (bicyclic) bond motifs is 1. The fraction of sp³-hybridized carbons (Fsp3) is 0.107. The van der Waals surface area contributed by atoms with E-state index in [0.29, 0.717) is 21.8 Å². The highest BCUT2D eigenvalue weighted by Gasteiger charge is 2.17. The number of hydrogen-bond acceptors (Lipinski definition) is 5. The number of carbonyl (C=O) groups excluding carboxylic acids is 1. The van der Waals surface area contributed by atoms with Gasteiger partial charge in [0, 0.05) is 10.9 Å². The molecule has 0 unspecified atom stereocenters. The van der Waals surface area contributed by atoms with Gasteiger partial charge in [-0.3, -0.25) is 9.59 Å². The van der Waals surface area contributed by atoms with Gasteiger partial charge in [-0.15, -0.1) is 23.1 Å². The zero-order chi connectivity index (χ0) is 24.0. The Kier molecular flexibility index (Phi) is 7.07. The van der Waals surface area contributed by atoms with Gasteiger partial charge in [0.2, 0.25) is 5.91 Å². The maximum Gasteiger partial charge on any atom is 0.260 e. The Morgan fingerprint density at radius 2 is 1.51 bits per heavy atom. The number of rotatable bonds is 8. The third-order valence-corrected chi connectivity index (χ3v) is 7.44. The van der Waals surface area contributed by atoms with Crippen molar-refractivity contribution < 1.29 is 4.79 Å². The lowest BCUT2D eigenvalue weighted by atomic mass is 9.99. The molecule has 0 radical (unpaired) electrons. The molecule has 174 valence electrons. The van der Waals surface area contributed by atoms with E-state index in [-0.39, 0.29) is 23.3 Å². The van der Waals surface area contributed by atoms with E-state index in [1.807, 2.05) is 96.4 Å². The second-order valence-corrected chi connectivity index (χ2v) is 9.87. The van der Waals surface area contributed by atoms with Crippen molar-refractivity contribution in [2.75, 3.05) is 5.75 Å². The summed E-state index contributed by atoms with van der Waals surface area (Å²) in [6.45, 7) is 0. The third-order valence-electron chi connectivity index (χ3n) is 5.62. The number of nitrogens with zero attached hydrogens (tertiary/aromatic N) is 1. The van der Waals surface area contributed by atoms with Crippen LogP contribution >= 0.6 is 23.1 Å². The molecule has 2 heterocycles. The van der Waals surface area contributed by atoms with Gasteiger partial charge in [0.05, 0.1) is 22.9 Å². The first-order chi connectivity index (χ1) is 17.2. The van der Waals surface area contributed by atoms with Crippen LogP contribution in [0.3, 0.4) is 0 Å². The fourth-order valence-corrected chi connectivity index (χ4v) is 5.65. The Labute approximate surface area is 211 Å². The zero-order valence-electron chi connectivity index (χ0n) is 18.8. The number of hydrogen-bond donors (Lipinski definition) is 2. The average molecular weight is 498 g/mol. The van der Waals surface area contributed by atoms with E-state index in [1.54, 1.807) is 0 Å². The summed E-state index contributed by atoms with van der Waals surface area (Å²) in [6, 6.07) is 29.5. The van der Waals surface area contributed by atoms with Gasteiger partial charge in [0.1, 0.15) is 10.7 Å². The molecule has 0 saturated heterocycles. The van der Waals surface area contributed by atoms with Crippen molar-refractivity contribution in [3.05, 3.63) is 124 Å². The Bertz CT molecular complexity index is 1440. The van der Waals surface area contributed by atoms with Crippen LogP contribution in [0.2, 0.25) is 0 Å². The van der Waals surface area contributed by atoms with Crippen molar-refractivity contribution in [1.29, 1.82) is 0 Å². The molecular weight excluding hydrogens is 474 g/mol. The molecular formula is C28H23N3O2S2. The van der Waals surface area contributed by atoms with E-state index < -0.39 is 0 Å². The van der Waals surface area contributed by atoms with Crippen LogP contribution in [0.15, 0.2) is 101 Å². The number of benzene rings is 3. The summed E-state index contributed by atoms with van der Waals surface area (Å²) in [4.78, 5) is 33.9. The third kappa shape index (κ3) is 5.37. The maximum atomic E-state index is 12.8. The zero-order valence-corrected chi connectivity index (χ0v) is 20.4. The molecule has 3 aromatic carbocycles. The number of H-pyrrole nitrogens is 1. The van der Waals surface area contributed by atoms with E-state index in [1.165, 1.54) is 23.1 Å². The molecule has 5 aromatic rings. The predicted molar refractivity (Wildman–Crippen MR) is 145 cm³/mol. The topological polar surface area (TPSA) is 74.8 Å². The molecule has 0 saturated carbocycles. The molecule has 2 N–H and O–H groups in total. The lowest BCUT2D eigenvalue weighted by molar-refractivity contribution is -0.119.